The first kappa shape index (κ1) is 28.5. The number of aryl methyl sites for hydroxylation is 1. The molecule has 2 aromatic carbocycles. The molecular formula is C25H34ClN3O5S. The average molecular weight is 524 g/mol. The van der Waals surface area contributed by atoms with Gasteiger partial charge in [-0.25, -0.2) is 8.42 Å². The predicted molar refractivity (Wildman–Crippen MR) is 139 cm³/mol. The Labute approximate surface area is 213 Å². The molecule has 0 saturated carbocycles. The van der Waals surface area contributed by atoms with Crippen molar-refractivity contribution in [3.8, 4) is 5.75 Å². The zero-order chi connectivity index (χ0) is 26.3. The summed E-state index contributed by atoms with van der Waals surface area (Å²) in [6.07, 6.45) is 1.39. The Bertz CT molecular complexity index is 1140. The molecule has 10 heteroatoms. The number of halogens is 1. The number of sulfonamides is 1. The number of rotatable bonds is 11. The van der Waals surface area contributed by atoms with Crippen molar-refractivity contribution in [2.45, 2.75) is 52.7 Å². The lowest BCUT2D eigenvalue weighted by Crippen LogP contribution is -2.53. The molecule has 0 unspecified atom stereocenters. The Balaban J connectivity index is 2.50. The van der Waals surface area contributed by atoms with E-state index >= 15 is 0 Å². The van der Waals surface area contributed by atoms with Gasteiger partial charge in [0.25, 0.3) is 0 Å². The second kappa shape index (κ2) is 12.3. The second-order valence-electron chi connectivity index (χ2n) is 8.68. The van der Waals surface area contributed by atoms with Crippen LogP contribution in [0.1, 0.15) is 38.3 Å². The maximum absolute atomic E-state index is 13.7. The fraction of sp³-hybridized carbons (Fsp3) is 0.440. The van der Waals surface area contributed by atoms with Gasteiger partial charge in [-0.3, -0.25) is 13.9 Å². The summed E-state index contributed by atoms with van der Waals surface area (Å²) in [6.45, 7) is 6.93. The molecule has 8 nitrogen and oxygen atoms in total. The topological polar surface area (TPSA) is 96.0 Å². The van der Waals surface area contributed by atoms with Crippen LogP contribution in [0.3, 0.4) is 0 Å². The highest BCUT2D eigenvalue weighted by Crippen LogP contribution is 2.31. The molecule has 2 aromatic rings. The Morgan fingerprint density at radius 3 is 2.26 bits per heavy atom. The van der Waals surface area contributed by atoms with Gasteiger partial charge >= 0.3 is 0 Å². The Morgan fingerprint density at radius 2 is 1.74 bits per heavy atom. The lowest BCUT2D eigenvalue weighted by Gasteiger charge is -2.33. The highest BCUT2D eigenvalue weighted by molar-refractivity contribution is 7.92. The smallest absolute Gasteiger partial charge is 0.244 e. The van der Waals surface area contributed by atoms with Crippen LogP contribution in [0.15, 0.2) is 42.5 Å². The van der Waals surface area contributed by atoms with E-state index in [2.05, 4.69) is 5.32 Å². The Hall–Kier alpha value is -2.78. The first-order valence-corrected chi connectivity index (χ1v) is 13.6. The monoisotopic (exact) mass is 523 g/mol. The van der Waals surface area contributed by atoms with E-state index in [0.717, 1.165) is 21.7 Å². The van der Waals surface area contributed by atoms with Crippen molar-refractivity contribution < 1.29 is 22.7 Å². The highest BCUT2D eigenvalue weighted by atomic mass is 35.5. The Kier molecular flexibility index (Phi) is 9.97. The summed E-state index contributed by atoms with van der Waals surface area (Å²) in [5.74, 6) is -0.494. The molecule has 0 heterocycles. The van der Waals surface area contributed by atoms with Crippen LogP contribution >= 0.6 is 11.6 Å². The van der Waals surface area contributed by atoms with Gasteiger partial charge in [0, 0.05) is 17.6 Å². The van der Waals surface area contributed by atoms with Gasteiger partial charge in [0.15, 0.2) is 0 Å². The molecule has 0 saturated heterocycles. The molecule has 0 fully saturated rings. The number of benzene rings is 2. The van der Waals surface area contributed by atoms with Crippen molar-refractivity contribution in [2.75, 3.05) is 24.2 Å². The average Bonchev–Trinajstić information content (AvgIpc) is 2.77. The Morgan fingerprint density at radius 1 is 1.11 bits per heavy atom. The van der Waals surface area contributed by atoms with Gasteiger partial charge in [0.1, 0.15) is 18.3 Å². The molecule has 0 radical (unpaired) electrons. The van der Waals surface area contributed by atoms with E-state index in [9.17, 15) is 18.0 Å². The third-order valence-electron chi connectivity index (χ3n) is 5.37. The number of anilines is 1. The minimum atomic E-state index is -3.86. The fourth-order valence-electron chi connectivity index (χ4n) is 3.68. The maximum Gasteiger partial charge on any atom is 0.244 e. The number of nitrogens with one attached hydrogen (secondary N) is 1. The third kappa shape index (κ3) is 7.86. The maximum atomic E-state index is 13.7. The summed E-state index contributed by atoms with van der Waals surface area (Å²) in [5, 5.41) is 3.41. The standard InChI is InChI=1S/C25H34ClN3O5S/c1-7-21(25(31)27-17(2)3)28(15-19-9-11-20(26)12-10-19)24(30)16-29(35(6,32)33)22-14-18(4)8-13-23(22)34-5/h8-14,17,21H,7,15-16H2,1-6H3,(H,27,31)/t21-/m1/s1. The summed E-state index contributed by atoms with van der Waals surface area (Å²) in [6, 6.07) is 11.1. The summed E-state index contributed by atoms with van der Waals surface area (Å²) in [4.78, 5) is 28.1. The molecule has 0 spiro atoms. The van der Waals surface area contributed by atoms with E-state index in [1.165, 1.54) is 12.0 Å². The number of ether oxygens (including phenoxy) is 1. The van der Waals surface area contributed by atoms with Gasteiger partial charge in [-0.2, -0.15) is 0 Å². The van der Waals surface area contributed by atoms with Crippen molar-refractivity contribution in [3.05, 3.63) is 58.6 Å². The van der Waals surface area contributed by atoms with Crippen LogP contribution in [0.2, 0.25) is 5.02 Å². The zero-order valence-electron chi connectivity index (χ0n) is 21.0. The number of nitrogens with zero attached hydrogens (tertiary/aromatic N) is 2. The molecule has 0 bridgehead atoms. The van der Waals surface area contributed by atoms with E-state index in [1.54, 1.807) is 42.5 Å². The predicted octanol–water partition coefficient (Wildman–Crippen LogP) is 3.76. The van der Waals surface area contributed by atoms with Crippen LogP contribution in [-0.4, -0.2) is 57.1 Å². The van der Waals surface area contributed by atoms with Crippen LogP contribution in [0.4, 0.5) is 5.69 Å². The molecule has 1 N–H and O–H groups in total. The minimum Gasteiger partial charge on any atom is -0.495 e. The molecular weight excluding hydrogens is 490 g/mol. The number of methoxy groups -OCH3 is 1. The lowest BCUT2D eigenvalue weighted by atomic mass is 10.1. The summed E-state index contributed by atoms with van der Waals surface area (Å²) < 4.78 is 32.0. The highest BCUT2D eigenvalue weighted by Gasteiger charge is 2.32. The quantitative estimate of drug-likeness (QED) is 0.484. The summed E-state index contributed by atoms with van der Waals surface area (Å²) >= 11 is 6.01. The van der Waals surface area contributed by atoms with Gasteiger partial charge in [-0.05, 0) is 62.6 Å². The normalized spacial score (nSPS) is 12.2. The van der Waals surface area contributed by atoms with Crippen molar-refractivity contribution in [1.82, 2.24) is 10.2 Å². The van der Waals surface area contributed by atoms with E-state index in [4.69, 9.17) is 16.3 Å². The van der Waals surface area contributed by atoms with E-state index in [1.807, 2.05) is 27.7 Å². The van der Waals surface area contributed by atoms with Crippen LogP contribution in [-0.2, 0) is 26.2 Å². The van der Waals surface area contributed by atoms with Gasteiger partial charge in [0.05, 0.1) is 19.1 Å². The number of carbonyl (C=O) groups is 2. The van der Waals surface area contributed by atoms with Crippen molar-refractivity contribution in [1.29, 1.82) is 0 Å². The number of hydrogen-bond donors (Lipinski definition) is 1. The van der Waals surface area contributed by atoms with Crippen LogP contribution < -0.4 is 14.4 Å². The van der Waals surface area contributed by atoms with E-state index < -0.39 is 28.5 Å². The number of amides is 2. The van der Waals surface area contributed by atoms with Gasteiger partial charge in [0.2, 0.25) is 21.8 Å². The molecule has 2 amide bonds. The van der Waals surface area contributed by atoms with Gasteiger partial charge in [-0.1, -0.05) is 36.7 Å². The lowest BCUT2D eigenvalue weighted by molar-refractivity contribution is -0.140. The third-order valence-corrected chi connectivity index (χ3v) is 6.74. The second-order valence-corrected chi connectivity index (χ2v) is 11.0. The van der Waals surface area contributed by atoms with Crippen molar-refractivity contribution in [3.63, 3.8) is 0 Å². The largest absolute Gasteiger partial charge is 0.495 e. The minimum absolute atomic E-state index is 0.114. The van der Waals surface area contributed by atoms with Crippen molar-refractivity contribution >= 4 is 39.1 Å². The van der Waals surface area contributed by atoms with Crippen LogP contribution in [0.25, 0.3) is 0 Å². The van der Waals surface area contributed by atoms with Gasteiger partial charge < -0.3 is 15.0 Å². The molecule has 0 aliphatic carbocycles. The molecule has 35 heavy (non-hydrogen) atoms. The fourth-order valence-corrected chi connectivity index (χ4v) is 4.65. The molecule has 2 rings (SSSR count). The first-order chi connectivity index (χ1) is 16.4. The molecule has 0 aliphatic rings. The molecule has 192 valence electrons. The van der Waals surface area contributed by atoms with E-state index in [-0.39, 0.29) is 24.2 Å². The summed E-state index contributed by atoms with van der Waals surface area (Å²) in [5.41, 5.74) is 1.83. The number of hydrogen-bond acceptors (Lipinski definition) is 5. The molecule has 0 aromatic heterocycles. The van der Waals surface area contributed by atoms with Crippen molar-refractivity contribution in [2.24, 2.45) is 0 Å². The first-order valence-electron chi connectivity index (χ1n) is 11.3. The molecule has 1 atom stereocenters. The molecule has 0 aliphatic heterocycles. The number of carbonyl (C=O) groups excluding carboxylic acids is 2. The van der Waals surface area contributed by atoms with Crippen LogP contribution in [0, 0.1) is 6.92 Å². The van der Waals surface area contributed by atoms with E-state index in [0.29, 0.717) is 17.2 Å². The summed E-state index contributed by atoms with van der Waals surface area (Å²) in [7, 11) is -2.42. The van der Waals surface area contributed by atoms with Gasteiger partial charge in [-0.15, -0.1) is 0 Å². The SMILES string of the molecule is CC[C@H](C(=O)NC(C)C)N(Cc1ccc(Cl)cc1)C(=O)CN(c1cc(C)ccc1OC)S(C)(=O)=O. The zero-order valence-corrected chi connectivity index (χ0v) is 22.6. The van der Waals surface area contributed by atoms with Crippen LogP contribution in [0.5, 0.6) is 5.75 Å².